The van der Waals surface area contributed by atoms with E-state index in [0.29, 0.717) is 18.1 Å². The highest BCUT2D eigenvalue weighted by molar-refractivity contribution is 7.12. The lowest BCUT2D eigenvalue weighted by atomic mass is 9.92. The Labute approximate surface area is 108 Å². The summed E-state index contributed by atoms with van der Waals surface area (Å²) in [4.78, 5) is 2.82. The van der Waals surface area contributed by atoms with Gasteiger partial charge in [-0.15, -0.1) is 11.3 Å². The monoisotopic (exact) mass is 253 g/mol. The molecule has 96 valence electrons. The summed E-state index contributed by atoms with van der Waals surface area (Å²) >= 11 is 1.89. The normalized spacial score (nSPS) is 26.4. The maximum absolute atomic E-state index is 5.94. The second-order valence-electron chi connectivity index (χ2n) is 5.01. The Hall–Kier alpha value is -0.380. The molecule has 2 heterocycles. The fraction of sp³-hybridized carbons (Fsp3) is 0.714. The molecular formula is C14H23NOS. The summed E-state index contributed by atoms with van der Waals surface area (Å²) in [5.74, 6) is 0.652. The summed E-state index contributed by atoms with van der Waals surface area (Å²) in [5, 5.41) is 3.61. The summed E-state index contributed by atoms with van der Waals surface area (Å²) in [6.45, 7) is 10.8. The first-order valence-corrected chi connectivity index (χ1v) is 7.37. The summed E-state index contributed by atoms with van der Waals surface area (Å²) in [7, 11) is 0. The molecule has 1 N–H and O–H groups in total. The maximum Gasteiger partial charge on any atom is 0.0796 e. The van der Waals surface area contributed by atoms with Gasteiger partial charge in [0, 0.05) is 16.4 Å². The van der Waals surface area contributed by atoms with Crippen LogP contribution in [0, 0.1) is 19.8 Å². The minimum atomic E-state index is 0.336. The lowest BCUT2D eigenvalue weighted by Gasteiger charge is -2.27. The van der Waals surface area contributed by atoms with Crippen LogP contribution in [0.15, 0.2) is 6.07 Å². The summed E-state index contributed by atoms with van der Waals surface area (Å²) in [6.07, 6.45) is 1.53. The Morgan fingerprint density at radius 2 is 2.29 bits per heavy atom. The van der Waals surface area contributed by atoms with Crippen molar-refractivity contribution in [1.29, 1.82) is 0 Å². The average molecular weight is 253 g/mol. The van der Waals surface area contributed by atoms with E-state index >= 15 is 0 Å². The van der Waals surface area contributed by atoms with E-state index in [1.54, 1.807) is 0 Å². The lowest BCUT2D eigenvalue weighted by Crippen LogP contribution is -2.34. The van der Waals surface area contributed by atoms with E-state index in [9.17, 15) is 0 Å². The van der Waals surface area contributed by atoms with Crippen molar-refractivity contribution in [2.24, 2.45) is 5.92 Å². The van der Waals surface area contributed by atoms with Crippen LogP contribution in [-0.2, 0) is 4.74 Å². The Balaban J connectivity index is 2.25. The van der Waals surface area contributed by atoms with Gasteiger partial charge in [0.15, 0.2) is 0 Å². The molecule has 2 nitrogen and oxygen atoms in total. The van der Waals surface area contributed by atoms with Gasteiger partial charge in [-0.1, -0.05) is 13.8 Å². The molecule has 3 atom stereocenters. The molecule has 1 saturated heterocycles. The van der Waals surface area contributed by atoms with Crippen LogP contribution in [-0.4, -0.2) is 19.3 Å². The summed E-state index contributed by atoms with van der Waals surface area (Å²) in [5.41, 5.74) is 1.44. The van der Waals surface area contributed by atoms with Crippen LogP contribution < -0.4 is 5.32 Å². The number of likely N-dealkylation sites (N-methyl/N-ethyl adjacent to an activating group) is 1. The highest BCUT2D eigenvalue weighted by Gasteiger charge is 2.33. The van der Waals surface area contributed by atoms with E-state index in [1.165, 1.54) is 21.7 Å². The van der Waals surface area contributed by atoms with Gasteiger partial charge >= 0.3 is 0 Å². The highest BCUT2D eigenvalue weighted by atomic mass is 32.1. The molecule has 3 heteroatoms. The zero-order chi connectivity index (χ0) is 12.4. The average Bonchev–Trinajstić information content (AvgIpc) is 2.82. The van der Waals surface area contributed by atoms with Crippen molar-refractivity contribution in [3.05, 3.63) is 21.4 Å². The molecule has 0 spiro atoms. The van der Waals surface area contributed by atoms with Gasteiger partial charge in [-0.3, -0.25) is 0 Å². The number of hydrogen-bond acceptors (Lipinski definition) is 3. The molecule has 0 bridgehead atoms. The molecule has 1 fully saturated rings. The van der Waals surface area contributed by atoms with E-state index in [-0.39, 0.29) is 0 Å². The second-order valence-corrected chi connectivity index (χ2v) is 6.47. The minimum absolute atomic E-state index is 0.336. The maximum atomic E-state index is 5.94. The molecule has 0 radical (unpaired) electrons. The predicted molar refractivity (Wildman–Crippen MR) is 73.7 cm³/mol. The molecule has 0 saturated carbocycles. The second kappa shape index (κ2) is 5.51. The largest absolute Gasteiger partial charge is 0.376 e. The Morgan fingerprint density at radius 1 is 1.53 bits per heavy atom. The van der Waals surface area contributed by atoms with Crippen molar-refractivity contribution < 1.29 is 4.74 Å². The van der Waals surface area contributed by atoms with Crippen LogP contribution in [0.2, 0.25) is 0 Å². The molecule has 3 unspecified atom stereocenters. The van der Waals surface area contributed by atoms with Gasteiger partial charge in [-0.2, -0.15) is 0 Å². The van der Waals surface area contributed by atoms with E-state index in [4.69, 9.17) is 4.74 Å². The van der Waals surface area contributed by atoms with Gasteiger partial charge in [0.25, 0.3) is 0 Å². The SMILES string of the molecule is CCNC(c1cc(C)sc1C)C1OCCC1C. The fourth-order valence-electron chi connectivity index (χ4n) is 2.73. The molecule has 2 rings (SSSR count). The fourth-order valence-corrected chi connectivity index (χ4v) is 3.70. The molecule has 17 heavy (non-hydrogen) atoms. The molecule has 1 aromatic rings. The smallest absolute Gasteiger partial charge is 0.0796 e. The standard InChI is InChI=1S/C14H23NOS/c1-5-15-13(14-9(2)6-7-16-14)12-8-10(3)17-11(12)4/h8-9,13-15H,5-7H2,1-4H3. The molecule has 1 aliphatic rings. The van der Waals surface area contributed by atoms with E-state index in [0.717, 1.165) is 13.2 Å². The van der Waals surface area contributed by atoms with Crippen molar-refractivity contribution in [3.8, 4) is 0 Å². The first kappa shape index (κ1) is 13.1. The third-order valence-electron chi connectivity index (χ3n) is 3.61. The number of ether oxygens (including phenoxy) is 1. The highest BCUT2D eigenvalue weighted by Crippen LogP contribution is 2.35. The third-order valence-corrected chi connectivity index (χ3v) is 4.59. The number of hydrogen-bond donors (Lipinski definition) is 1. The third kappa shape index (κ3) is 2.72. The number of rotatable bonds is 4. The van der Waals surface area contributed by atoms with Gasteiger partial charge in [0.05, 0.1) is 12.1 Å². The Bertz CT molecular complexity index is 374. The molecule has 0 aromatic carbocycles. The van der Waals surface area contributed by atoms with Crippen LogP contribution >= 0.6 is 11.3 Å². The predicted octanol–water partition coefficient (Wildman–Crippen LogP) is 3.44. The summed E-state index contributed by atoms with van der Waals surface area (Å²) in [6, 6.07) is 2.68. The zero-order valence-corrected chi connectivity index (χ0v) is 12.1. The zero-order valence-electron chi connectivity index (χ0n) is 11.2. The van der Waals surface area contributed by atoms with Gasteiger partial charge in [-0.25, -0.2) is 0 Å². The van der Waals surface area contributed by atoms with Crippen LogP contribution in [0.4, 0.5) is 0 Å². The van der Waals surface area contributed by atoms with Crippen molar-refractivity contribution >= 4 is 11.3 Å². The van der Waals surface area contributed by atoms with Crippen molar-refractivity contribution in [2.45, 2.75) is 46.3 Å². The van der Waals surface area contributed by atoms with Crippen LogP contribution in [0.1, 0.15) is 41.6 Å². The van der Waals surface area contributed by atoms with E-state index in [2.05, 4.69) is 39.1 Å². The van der Waals surface area contributed by atoms with Crippen LogP contribution in [0.3, 0.4) is 0 Å². The van der Waals surface area contributed by atoms with Crippen LogP contribution in [0.5, 0.6) is 0 Å². The van der Waals surface area contributed by atoms with E-state index in [1.807, 2.05) is 11.3 Å². The minimum Gasteiger partial charge on any atom is -0.376 e. The van der Waals surface area contributed by atoms with E-state index < -0.39 is 0 Å². The number of nitrogens with one attached hydrogen (secondary N) is 1. The topological polar surface area (TPSA) is 21.3 Å². The van der Waals surface area contributed by atoms with Gasteiger partial charge in [-0.05, 0) is 44.4 Å². The van der Waals surface area contributed by atoms with Crippen molar-refractivity contribution in [3.63, 3.8) is 0 Å². The number of thiophene rings is 1. The van der Waals surface area contributed by atoms with Gasteiger partial charge in [0.1, 0.15) is 0 Å². The van der Waals surface area contributed by atoms with Crippen LogP contribution in [0.25, 0.3) is 0 Å². The first-order valence-electron chi connectivity index (χ1n) is 6.55. The Kier molecular flexibility index (Phi) is 4.23. The molecule has 1 aliphatic heterocycles. The van der Waals surface area contributed by atoms with Gasteiger partial charge < -0.3 is 10.1 Å². The molecule has 0 aliphatic carbocycles. The molecule has 1 aromatic heterocycles. The summed E-state index contributed by atoms with van der Waals surface area (Å²) < 4.78 is 5.94. The number of aryl methyl sites for hydroxylation is 2. The van der Waals surface area contributed by atoms with Crippen molar-refractivity contribution in [1.82, 2.24) is 5.32 Å². The van der Waals surface area contributed by atoms with Crippen molar-refractivity contribution in [2.75, 3.05) is 13.2 Å². The quantitative estimate of drug-likeness (QED) is 0.887. The Morgan fingerprint density at radius 3 is 2.76 bits per heavy atom. The molecular weight excluding hydrogens is 230 g/mol. The molecule has 0 amide bonds. The lowest BCUT2D eigenvalue weighted by molar-refractivity contribution is 0.0611. The van der Waals surface area contributed by atoms with Gasteiger partial charge in [0.2, 0.25) is 0 Å². The first-order chi connectivity index (χ1) is 8.13.